The summed E-state index contributed by atoms with van der Waals surface area (Å²) in [6, 6.07) is 14.9. The minimum Gasteiger partial charge on any atom is -0.494 e. The van der Waals surface area contributed by atoms with Gasteiger partial charge in [0.2, 0.25) is 0 Å². The average molecular weight is 424 g/mol. The van der Waals surface area contributed by atoms with Crippen molar-refractivity contribution in [2.75, 3.05) is 13.2 Å². The normalized spacial score (nSPS) is 14.9. The van der Waals surface area contributed by atoms with Crippen LogP contribution in [-0.2, 0) is 20.7 Å². The van der Waals surface area contributed by atoms with Crippen LogP contribution in [0.25, 0.3) is 0 Å². The molecule has 1 unspecified atom stereocenters. The predicted molar refractivity (Wildman–Crippen MR) is 117 cm³/mol. The maximum atomic E-state index is 12.3. The first-order chi connectivity index (χ1) is 15.1. The first kappa shape index (κ1) is 22.5. The minimum atomic E-state index is -0.560. The number of hydrogen-bond acceptors (Lipinski definition) is 5. The quantitative estimate of drug-likeness (QED) is 0.458. The van der Waals surface area contributed by atoms with Crippen molar-refractivity contribution in [2.45, 2.75) is 51.5 Å². The number of carbonyl (C=O) groups excluding carboxylic acids is 3. The Morgan fingerprint density at radius 1 is 1.03 bits per heavy atom. The summed E-state index contributed by atoms with van der Waals surface area (Å²) in [5, 5.41) is 2.95. The number of Topliss-reactive ketones (excluding diaryl/α,β-unsaturated/α-hetero) is 1. The summed E-state index contributed by atoms with van der Waals surface area (Å²) in [5.41, 5.74) is 2.90. The second kappa shape index (κ2) is 11.3. The Bertz CT molecular complexity index is 906. The fourth-order valence-electron chi connectivity index (χ4n) is 3.67. The van der Waals surface area contributed by atoms with Crippen LogP contribution in [0.4, 0.5) is 0 Å². The summed E-state index contributed by atoms with van der Waals surface area (Å²) in [6.45, 7) is 2.31. The fourth-order valence-corrected chi connectivity index (χ4v) is 3.67. The summed E-state index contributed by atoms with van der Waals surface area (Å²) in [6.07, 6.45) is 3.77. The zero-order valence-corrected chi connectivity index (χ0v) is 17.9. The molecule has 1 amide bonds. The molecule has 164 valence electrons. The van der Waals surface area contributed by atoms with Gasteiger partial charge in [-0.15, -0.1) is 0 Å². The number of esters is 1. The van der Waals surface area contributed by atoms with Crippen LogP contribution in [0.1, 0.15) is 66.6 Å². The number of rotatable bonds is 10. The van der Waals surface area contributed by atoms with Crippen molar-refractivity contribution in [3.8, 4) is 5.75 Å². The monoisotopic (exact) mass is 423 g/mol. The van der Waals surface area contributed by atoms with E-state index in [0.717, 1.165) is 31.2 Å². The van der Waals surface area contributed by atoms with Crippen molar-refractivity contribution in [3.63, 3.8) is 0 Å². The lowest BCUT2D eigenvalue weighted by molar-refractivity contribution is -0.148. The molecule has 6 nitrogen and oxygen atoms in total. The van der Waals surface area contributed by atoms with E-state index in [1.807, 2.05) is 25.1 Å². The molecule has 1 aliphatic carbocycles. The van der Waals surface area contributed by atoms with E-state index in [1.54, 1.807) is 24.3 Å². The van der Waals surface area contributed by atoms with Crippen LogP contribution in [-0.4, -0.2) is 30.9 Å². The fraction of sp³-hybridized carbons (Fsp3) is 0.400. The third-order valence-corrected chi connectivity index (χ3v) is 5.27. The summed E-state index contributed by atoms with van der Waals surface area (Å²) < 4.78 is 10.6. The van der Waals surface area contributed by atoms with Crippen molar-refractivity contribution in [1.82, 2.24) is 5.32 Å². The van der Waals surface area contributed by atoms with Crippen LogP contribution in [0.3, 0.4) is 0 Å². The van der Waals surface area contributed by atoms with Crippen molar-refractivity contribution in [1.29, 1.82) is 0 Å². The number of ether oxygens (including phenoxy) is 2. The van der Waals surface area contributed by atoms with Gasteiger partial charge >= 0.3 is 5.97 Å². The highest BCUT2D eigenvalue weighted by atomic mass is 16.5. The van der Waals surface area contributed by atoms with Gasteiger partial charge in [-0.25, -0.2) is 0 Å². The molecule has 0 saturated carbocycles. The van der Waals surface area contributed by atoms with Gasteiger partial charge in [-0.3, -0.25) is 14.4 Å². The molecule has 0 spiro atoms. The van der Waals surface area contributed by atoms with E-state index in [2.05, 4.69) is 11.4 Å². The second-order valence-corrected chi connectivity index (χ2v) is 7.67. The highest BCUT2D eigenvalue weighted by Crippen LogP contribution is 2.29. The SMILES string of the molecule is CCCOc1ccc(C(=O)CCC(=O)OCC(=O)NC2CCCc3ccccc32)cc1. The minimum absolute atomic E-state index is 0.0333. The van der Waals surface area contributed by atoms with E-state index < -0.39 is 5.97 Å². The Hall–Kier alpha value is -3.15. The number of ketones is 1. The van der Waals surface area contributed by atoms with Crippen molar-refractivity contribution in [2.24, 2.45) is 0 Å². The number of carbonyl (C=O) groups is 3. The number of hydrogen-bond donors (Lipinski definition) is 1. The number of benzene rings is 2. The van der Waals surface area contributed by atoms with Crippen LogP contribution in [0.2, 0.25) is 0 Å². The zero-order chi connectivity index (χ0) is 22.1. The lowest BCUT2D eigenvalue weighted by atomic mass is 9.88. The van der Waals surface area contributed by atoms with Crippen LogP contribution < -0.4 is 10.1 Å². The Labute approximate surface area is 182 Å². The van der Waals surface area contributed by atoms with E-state index in [9.17, 15) is 14.4 Å². The van der Waals surface area contributed by atoms with Gasteiger partial charge in [-0.2, -0.15) is 0 Å². The Morgan fingerprint density at radius 3 is 2.58 bits per heavy atom. The second-order valence-electron chi connectivity index (χ2n) is 7.67. The number of nitrogens with one attached hydrogen (secondary N) is 1. The lowest BCUT2D eigenvalue weighted by Gasteiger charge is -2.26. The van der Waals surface area contributed by atoms with Crippen LogP contribution >= 0.6 is 0 Å². The molecular weight excluding hydrogens is 394 g/mol. The van der Waals surface area contributed by atoms with Gasteiger partial charge in [-0.1, -0.05) is 31.2 Å². The number of aryl methyl sites for hydroxylation is 1. The van der Waals surface area contributed by atoms with Gasteiger partial charge in [0.15, 0.2) is 12.4 Å². The third kappa shape index (κ3) is 6.67. The molecule has 1 aliphatic rings. The molecule has 2 aromatic rings. The predicted octanol–water partition coefficient (Wildman–Crippen LogP) is 4.18. The Morgan fingerprint density at radius 2 is 1.81 bits per heavy atom. The summed E-state index contributed by atoms with van der Waals surface area (Å²) >= 11 is 0. The summed E-state index contributed by atoms with van der Waals surface area (Å²) in [7, 11) is 0. The van der Waals surface area contributed by atoms with Gasteiger partial charge in [0.1, 0.15) is 5.75 Å². The molecule has 0 bridgehead atoms. The molecule has 0 fully saturated rings. The van der Waals surface area contributed by atoms with Gasteiger partial charge in [-0.05, 0) is 61.1 Å². The molecule has 2 aromatic carbocycles. The molecule has 31 heavy (non-hydrogen) atoms. The lowest BCUT2D eigenvalue weighted by Crippen LogP contribution is -2.34. The largest absolute Gasteiger partial charge is 0.494 e. The van der Waals surface area contributed by atoms with Crippen LogP contribution in [0.5, 0.6) is 5.75 Å². The van der Waals surface area contributed by atoms with E-state index in [4.69, 9.17) is 9.47 Å². The maximum Gasteiger partial charge on any atom is 0.306 e. The Kier molecular flexibility index (Phi) is 8.21. The topological polar surface area (TPSA) is 81.7 Å². The van der Waals surface area contributed by atoms with Crippen molar-refractivity contribution >= 4 is 17.7 Å². The van der Waals surface area contributed by atoms with Crippen molar-refractivity contribution < 1.29 is 23.9 Å². The van der Waals surface area contributed by atoms with Gasteiger partial charge in [0.05, 0.1) is 19.1 Å². The van der Waals surface area contributed by atoms with E-state index in [0.29, 0.717) is 17.9 Å². The average Bonchev–Trinajstić information content (AvgIpc) is 2.80. The molecule has 0 aromatic heterocycles. The van der Waals surface area contributed by atoms with Gasteiger partial charge in [0, 0.05) is 12.0 Å². The zero-order valence-electron chi connectivity index (χ0n) is 17.9. The molecule has 1 N–H and O–H groups in total. The van der Waals surface area contributed by atoms with E-state index in [-0.39, 0.29) is 37.2 Å². The number of amides is 1. The maximum absolute atomic E-state index is 12.3. The first-order valence-electron chi connectivity index (χ1n) is 10.9. The molecule has 3 rings (SSSR count). The molecule has 0 heterocycles. The third-order valence-electron chi connectivity index (χ3n) is 5.27. The van der Waals surface area contributed by atoms with E-state index >= 15 is 0 Å². The van der Waals surface area contributed by atoms with Crippen LogP contribution in [0.15, 0.2) is 48.5 Å². The summed E-state index contributed by atoms with van der Waals surface area (Å²) in [5.74, 6) is -0.328. The van der Waals surface area contributed by atoms with Gasteiger partial charge in [0.25, 0.3) is 5.91 Å². The smallest absolute Gasteiger partial charge is 0.306 e. The highest BCUT2D eigenvalue weighted by molar-refractivity contribution is 5.97. The molecular formula is C25H29NO5. The molecule has 0 aliphatic heterocycles. The molecule has 6 heteroatoms. The van der Waals surface area contributed by atoms with Gasteiger partial charge < -0.3 is 14.8 Å². The molecule has 0 radical (unpaired) electrons. The summed E-state index contributed by atoms with van der Waals surface area (Å²) in [4.78, 5) is 36.5. The first-order valence-corrected chi connectivity index (χ1v) is 10.9. The number of fused-ring (bicyclic) bond motifs is 1. The van der Waals surface area contributed by atoms with E-state index in [1.165, 1.54) is 5.56 Å². The standard InChI is InChI=1S/C25H29NO5/c1-2-16-30-20-12-10-19(11-13-20)23(27)14-15-25(29)31-17-24(28)26-22-9-5-7-18-6-3-4-8-21(18)22/h3-4,6,8,10-13,22H,2,5,7,9,14-17H2,1H3,(H,26,28). The van der Waals surface area contributed by atoms with Crippen molar-refractivity contribution in [3.05, 3.63) is 65.2 Å². The Balaban J connectivity index is 1.39. The molecule has 1 atom stereocenters. The van der Waals surface area contributed by atoms with Crippen LogP contribution in [0, 0.1) is 0 Å². The highest BCUT2D eigenvalue weighted by Gasteiger charge is 2.22. The molecule has 0 saturated heterocycles.